The molecule has 5 atom stereocenters. The molecule has 1 saturated heterocycles. The molecule has 4 aliphatic rings. The molecule has 308 valence electrons. The van der Waals surface area contributed by atoms with Crippen LogP contribution in [0.2, 0.25) is 0 Å². The summed E-state index contributed by atoms with van der Waals surface area (Å²) in [7, 11) is -0.0470. The quantitative estimate of drug-likeness (QED) is 0.0249. The molecular weight excluding hydrogens is 827 g/mol. The third-order valence-corrected chi connectivity index (χ3v) is 20.1. The molecular formula is C40H66F2IN5O5S. The topological polar surface area (TPSA) is 137 Å². The Bertz CT molecular complexity index is 1440. The van der Waals surface area contributed by atoms with Gasteiger partial charge in [0.05, 0.1) is 0 Å². The van der Waals surface area contributed by atoms with Crippen molar-refractivity contribution >= 4 is 63.5 Å². The summed E-state index contributed by atoms with van der Waals surface area (Å²) in [5, 5.41) is 11.3. The fourth-order valence-corrected chi connectivity index (χ4v) is 15.3. The third-order valence-electron chi connectivity index (χ3n) is 12.4. The zero-order valence-corrected chi connectivity index (χ0v) is 36.6. The number of likely N-dealkylation sites (tertiary alicyclic amines) is 1. The van der Waals surface area contributed by atoms with E-state index in [0.717, 1.165) is 70.0 Å². The second kappa shape index (κ2) is 18.4. The first-order valence-electron chi connectivity index (χ1n) is 19.9. The summed E-state index contributed by atoms with van der Waals surface area (Å²) in [5.74, 6) is -0.981. The van der Waals surface area contributed by atoms with Crippen LogP contribution in [0.3, 0.4) is 0 Å². The molecule has 4 N–H and O–H groups in total. The van der Waals surface area contributed by atoms with Crippen LogP contribution in [0.4, 0.5) is 13.6 Å². The van der Waals surface area contributed by atoms with Crippen LogP contribution in [-0.2, 0) is 19.2 Å². The summed E-state index contributed by atoms with van der Waals surface area (Å²) < 4.78 is 28.4. The SMILES string of the molecule is C=CCNC(=O)C(=O)I(CCCC(F)F)NC(=O)[C@@H]1C2C(CN1C(=O)[C@@H](NC(=O)NC1(C/S(=C/C)C(C)(C)C)CCCCC1)C1(C)CCCCC1)C2(C)C. The van der Waals surface area contributed by atoms with Gasteiger partial charge in [0.25, 0.3) is 0 Å². The van der Waals surface area contributed by atoms with Crippen molar-refractivity contribution in [3.63, 3.8) is 0 Å². The molecule has 4 fully saturated rings. The average molecular weight is 894 g/mol. The zero-order valence-electron chi connectivity index (χ0n) is 33.6. The monoisotopic (exact) mass is 893 g/mol. The first-order valence-corrected chi connectivity index (χ1v) is 25.0. The third kappa shape index (κ3) is 10.6. The van der Waals surface area contributed by atoms with Crippen molar-refractivity contribution in [1.82, 2.24) is 24.4 Å². The summed E-state index contributed by atoms with van der Waals surface area (Å²) in [6.07, 6.45) is 7.76. The summed E-state index contributed by atoms with van der Waals surface area (Å²) in [5.41, 5.74) is -1.15. The Balaban J connectivity index is 1.61. The number of halogens is 3. The number of carbonyl (C=O) groups is 5. The van der Waals surface area contributed by atoms with Crippen LogP contribution in [-0.4, -0.2) is 89.9 Å². The van der Waals surface area contributed by atoms with Gasteiger partial charge in [0.2, 0.25) is 0 Å². The van der Waals surface area contributed by atoms with Gasteiger partial charge in [-0.25, -0.2) is 0 Å². The van der Waals surface area contributed by atoms with Crippen LogP contribution < -0.4 is 19.5 Å². The fraction of sp³-hybridized carbons (Fsp3) is 0.800. The molecule has 3 aliphatic carbocycles. The molecule has 10 nitrogen and oxygen atoms in total. The predicted molar refractivity (Wildman–Crippen MR) is 223 cm³/mol. The van der Waals surface area contributed by atoms with E-state index in [1.165, 1.54) is 6.08 Å². The molecule has 0 aromatic rings. The van der Waals surface area contributed by atoms with Gasteiger partial charge in [0.15, 0.2) is 0 Å². The zero-order chi connectivity index (χ0) is 40.1. The van der Waals surface area contributed by atoms with E-state index in [-0.39, 0.29) is 67.4 Å². The van der Waals surface area contributed by atoms with Gasteiger partial charge in [0.1, 0.15) is 0 Å². The second-order valence-corrected chi connectivity index (χ2v) is 25.2. The number of nitrogens with zero attached hydrogens (tertiary/aromatic N) is 1. The van der Waals surface area contributed by atoms with E-state index in [1.54, 1.807) is 4.90 Å². The number of carbonyl (C=O) groups excluding carboxylic acids is 5. The predicted octanol–water partition coefficient (Wildman–Crippen LogP) is 7.11. The maximum absolute atomic E-state index is 15.0. The Morgan fingerprint density at radius 2 is 1.59 bits per heavy atom. The summed E-state index contributed by atoms with van der Waals surface area (Å²) >= 11 is -3.32. The van der Waals surface area contributed by atoms with Gasteiger partial charge < -0.3 is 0 Å². The summed E-state index contributed by atoms with van der Waals surface area (Å²) in [4.78, 5) is 71.2. The number of amides is 5. The number of alkyl halides is 3. The molecule has 3 unspecified atom stereocenters. The number of hydrogen-bond donors (Lipinski definition) is 4. The van der Waals surface area contributed by atoms with Gasteiger partial charge in [0, 0.05) is 4.75 Å². The van der Waals surface area contributed by atoms with E-state index in [2.05, 4.69) is 79.9 Å². The van der Waals surface area contributed by atoms with Gasteiger partial charge in [-0.3, -0.25) is 0 Å². The van der Waals surface area contributed by atoms with Crippen molar-refractivity contribution in [2.75, 3.05) is 23.3 Å². The number of fused-ring (bicyclic) bond motifs is 1. The van der Waals surface area contributed by atoms with Crippen molar-refractivity contribution in [1.29, 1.82) is 0 Å². The average Bonchev–Trinajstić information content (AvgIpc) is 3.41. The molecule has 0 radical (unpaired) electrons. The Kier molecular flexibility index (Phi) is 15.2. The molecule has 14 heteroatoms. The fourth-order valence-electron chi connectivity index (χ4n) is 9.10. The Hall–Kier alpha value is -2.10. The minimum absolute atomic E-state index is 0.00903. The van der Waals surface area contributed by atoms with Gasteiger partial charge in [-0.15, -0.1) is 0 Å². The van der Waals surface area contributed by atoms with Crippen molar-refractivity contribution in [2.24, 2.45) is 22.7 Å². The summed E-state index contributed by atoms with van der Waals surface area (Å²) in [6.45, 7) is 18.9. The van der Waals surface area contributed by atoms with Crippen molar-refractivity contribution in [3.05, 3.63) is 12.7 Å². The molecule has 0 aromatic heterocycles. The maximum atomic E-state index is 15.0. The van der Waals surface area contributed by atoms with Crippen molar-refractivity contribution in [2.45, 2.75) is 154 Å². The van der Waals surface area contributed by atoms with Crippen LogP contribution in [0.15, 0.2) is 12.7 Å². The molecule has 5 amide bonds. The first-order chi connectivity index (χ1) is 25.3. The van der Waals surface area contributed by atoms with E-state index < -0.39 is 66.0 Å². The second-order valence-electron chi connectivity index (χ2n) is 17.7. The Labute approximate surface area is 332 Å². The van der Waals surface area contributed by atoms with Crippen LogP contribution in [0.25, 0.3) is 0 Å². The van der Waals surface area contributed by atoms with Crippen LogP contribution in [0.1, 0.15) is 126 Å². The van der Waals surface area contributed by atoms with E-state index in [0.29, 0.717) is 6.54 Å². The number of hydrogen-bond acceptors (Lipinski definition) is 5. The molecule has 0 spiro atoms. The molecule has 3 saturated carbocycles. The molecule has 0 bridgehead atoms. The van der Waals surface area contributed by atoms with Crippen LogP contribution in [0, 0.1) is 22.7 Å². The van der Waals surface area contributed by atoms with Gasteiger partial charge >= 0.3 is 289 Å². The number of nitrogens with one attached hydrogen (secondary N) is 4. The molecule has 54 heavy (non-hydrogen) atoms. The minimum atomic E-state index is -3.32. The molecule has 1 aliphatic heterocycles. The van der Waals surface area contributed by atoms with Crippen molar-refractivity contribution in [3.8, 4) is 0 Å². The van der Waals surface area contributed by atoms with Crippen LogP contribution in [0.5, 0.6) is 0 Å². The summed E-state index contributed by atoms with van der Waals surface area (Å²) in [6, 6.07) is -2.14. The molecule has 4 rings (SSSR count). The number of rotatable bonds is 16. The van der Waals surface area contributed by atoms with Gasteiger partial charge in [-0.05, 0) is 6.92 Å². The van der Waals surface area contributed by atoms with E-state index in [4.69, 9.17) is 0 Å². The van der Waals surface area contributed by atoms with E-state index in [1.807, 2.05) is 0 Å². The first kappa shape index (κ1) is 44.6. The standard InChI is InChI=1S/C40H66F2IN5O5S/c1-9-24-44-34(51)32(49)43(23-17-18-28(41)42)47-33(50)30-29-27(38(29,6)7)25-48(30)35(52)31(39(8)19-13-11-14-20-39)45-36(53)46-40(21-15-12-16-22-40)26-54(10-2)37(3,4)5/h9-10,27-31H,1,11-26H2,2-8H3,(H,44,51)(H,47,50)(H2,45,46,53)/t27?,29?,30-,31+,54?/m0/s1. The molecule has 0 aromatic carbocycles. The normalized spacial score (nSPS) is 25.5. The molecule has 1 heterocycles. The number of piperidine rings is 1. The van der Waals surface area contributed by atoms with E-state index >= 15 is 0 Å². The van der Waals surface area contributed by atoms with E-state index in [9.17, 15) is 32.8 Å². The van der Waals surface area contributed by atoms with Gasteiger partial charge in [-0.1, -0.05) is 32.6 Å². The number of urea groups is 1. The van der Waals surface area contributed by atoms with Gasteiger partial charge in [-0.2, -0.15) is 0 Å². The Morgan fingerprint density at radius 3 is 2.15 bits per heavy atom. The van der Waals surface area contributed by atoms with Crippen molar-refractivity contribution < 1.29 is 32.8 Å². The Morgan fingerprint density at radius 1 is 0.981 bits per heavy atom. The van der Waals surface area contributed by atoms with Crippen LogP contribution >= 0.6 is 30.6 Å².